The molecule has 1 saturated heterocycles. The van der Waals surface area contributed by atoms with Crippen LogP contribution < -0.4 is 4.90 Å². The van der Waals surface area contributed by atoms with Gasteiger partial charge in [-0.3, -0.25) is 9.69 Å². The molecule has 0 amide bonds. The molecule has 0 aromatic heterocycles. The van der Waals surface area contributed by atoms with E-state index in [2.05, 4.69) is 25.7 Å². The molecule has 1 aliphatic heterocycles. The molecule has 0 unspecified atom stereocenters. The van der Waals surface area contributed by atoms with E-state index in [0.717, 1.165) is 48.2 Å². The van der Waals surface area contributed by atoms with Gasteiger partial charge >= 0.3 is 0 Å². The number of benzene rings is 1. The minimum absolute atomic E-state index is 0.659. The Morgan fingerprint density at radius 2 is 1.95 bits per heavy atom. The largest absolute Gasteiger partial charge is 0.389 e. The Labute approximate surface area is 128 Å². The second-order valence-electron chi connectivity index (χ2n) is 5.90. The standard InChI is InChI=1S/C15H21BrN2O2/c1-15(2,20)11-17-5-7-18(8-6-17)14-4-3-13(16)9-12(14)10-19/h3-4,9-10,20H,5-8,11H2,1-2H3. The number of hydrogen-bond acceptors (Lipinski definition) is 4. The van der Waals surface area contributed by atoms with Gasteiger partial charge in [-0.1, -0.05) is 15.9 Å². The first-order chi connectivity index (χ1) is 9.39. The van der Waals surface area contributed by atoms with Crippen molar-refractivity contribution in [2.75, 3.05) is 37.6 Å². The highest BCUT2D eigenvalue weighted by molar-refractivity contribution is 9.10. The normalized spacial score (nSPS) is 17.3. The van der Waals surface area contributed by atoms with E-state index in [0.29, 0.717) is 6.54 Å². The van der Waals surface area contributed by atoms with Crippen molar-refractivity contribution < 1.29 is 9.90 Å². The van der Waals surface area contributed by atoms with Gasteiger partial charge in [0.2, 0.25) is 0 Å². The van der Waals surface area contributed by atoms with Crippen LogP contribution in [-0.4, -0.2) is 54.6 Å². The van der Waals surface area contributed by atoms with Gasteiger partial charge in [0.15, 0.2) is 6.29 Å². The summed E-state index contributed by atoms with van der Waals surface area (Å²) in [5.74, 6) is 0. The third-order valence-corrected chi connectivity index (χ3v) is 3.93. The highest BCUT2D eigenvalue weighted by atomic mass is 79.9. The zero-order chi connectivity index (χ0) is 14.8. The van der Waals surface area contributed by atoms with Crippen molar-refractivity contribution >= 4 is 27.9 Å². The number of nitrogens with zero attached hydrogens (tertiary/aromatic N) is 2. The molecular formula is C15H21BrN2O2. The number of piperazine rings is 1. The van der Waals surface area contributed by atoms with Crippen molar-refractivity contribution in [1.29, 1.82) is 0 Å². The molecule has 1 aromatic carbocycles. The molecule has 1 fully saturated rings. The van der Waals surface area contributed by atoms with Gasteiger partial charge in [0, 0.05) is 48.4 Å². The van der Waals surface area contributed by atoms with Gasteiger partial charge in [0.25, 0.3) is 0 Å². The average molecular weight is 341 g/mol. The van der Waals surface area contributed by atoms with Crippen LogP contribution in [0.25, 0.3) is 0 Å². The van der Waals surface area contributed by atoms with Gasteiger partial charge in [0.05, 0.1) is 5.60 Å². The predicted molar refractivity (Wildman–Crippen MR) is 84.5 cm³/mol. The average Bonchev–Trinajstić information content (AvgIpc) is 2.38. The molecule has 0 spiro atoms. The Hall–Kier alpha value is -0.910. The number of carbonyl (C=O) groups excluding carboxylic acids is 1. The highest BCUT2D eigenvalue weighted by Gasteiger charge is 2.23. The van der Waals surface area contributed by atoms with E-state index >= 15 is 0 Å². The number of anilines is 1. The number of carbonyl (C=O) groups is 1. The molecule has 0 atom stereocenters. The van der Waals surface area contributed by atoms with Crippen LogP contribution in [0.3, 0.4) is 0 Å². The van der Waals surface area contributed by atoms with E-state index in [1.807, 2.05) is 32.0 Å². The lowest BCUT2D eigenvalue weighted by Crippen LogP contribution is -2.50. The fraction of sp³-hybridized carbons (Fsp3) is 0.533. The van der Waals surface area contributed by atoms with E-state index in [-0.39, 0.29) is 0 Å². The van der Waals surface area contributed by atoms with Crippen molar-refractivity contribution in [3.8, 4) is 0 Å². The lowest BCUT2D eigenvalue weighted by molar-refractivity contribution is 0.0345. The Bertz CT molecular complexity index is 477. The van der Waals surface area contributed by atoms with Crippen molar-refractivity contribution in [1.82, 2.24) is 4.90 Å². The molecule has 1 N–H and O–H groups in total. The van der Waals surface area contributed by atoms with Gasteiger partial charge in [-0.25, -0.2) is 0 Å². The summed E-state index contributed by atoms with van der Waals surface area (Å²) in [6, 6.07) is 5.80. The minimum atomic E-state index is -0.659. The van der Waals surface area contributed by atoms with Crippen molar-refractivity contribution in [2.45, 2.75) is 19.4 Å². The molecular weight excluding hydrogens is 320 g/mol. The summed E-state index contributed by atoms with van der Waals surface area (Å²) >= 11 is 3.39. The van der Waals surface area contributed by atoms with Crippen LogP contribution in [0, 0.1) is 0 Å². The molecule has 2 rings (SSSR count). The zero-order valence-corrected chi connectivity index (χ0v) is 13.6. The Balaban J connectivity index is 2.02. The summed E-state index contributed by atoms with van der Waals surface area (Å²) in [5.41, 5.74) is 1.05. The van der Waals surface area contributed by atoms with Gasteiger partial charge in [-0.05, 0) is 32.0 Å². The quantitative estimate of drug-likeness (QED) is 0.853. The number of hydrogen-bond donors (Lipinski definition) is 1. The summed E-state index contributed by atoms with van der Waals surface area (Å²) < 4.78 is 0.920. The van der Waals surface area contributed by atoms with Gasteiger partial charge in [-0.15, -0.1) is 0 Å². The van der Waals surface area contributed by atoms with E-state index in [1.54, 1.807) is 0 Å². The molecule has 110 valence electrons. The first kappa shape index (κ1) is 15.5. The Morgan fingerprint density at radius 1 is 1.30 bits per heavy atom. The molecule has 0 aliphatic carbocycles. The highest BCUT2D eigenvalue weighted by Crippen LogP contribution is 2.24. The second-order valence-corrected chi connectivity index (χ2v) is 6.81. The molecule has 0 bridgehead atoms. The monoisotopic (exact) mass is 340 g/mol. The van der Waals surface area contributed by atoms with Crippen LogP contribution in [0.5, 0.6) is 0 Å². The first-order valence-corrected chi connectivity index (χ1v) is 7.63. The van der Waals surface area contributed by atoms with Crippen LogP contribution >= 0.6 is 15.9 Å². The SMILES string of the molecule is CC(C)(O)CN1CCN(c2ccc(Br)cc2C=O)CC1. The van der Waals surface area contributed by atoms with Crippen molar-refractivity contribution in [3.05, 3.63) is 28.2 Å². The maximum absolute atomic E-state index is 11.2. The number of halogens is 1. The molecule has 5 heteroatoms. The van der Waals surface area contributed by atoms with Crippen LogP contribution in [0.2, 0.25) is 0 Å². The number of rotatable bonds is 4. The molecule has 1 heterocycles. The van der Waals surface area contributed by atoms with Gasteiger partial charge in [-0.2, -0.15) is 0 Å². The minimum Gasteiger partial charge on any atom is -0.389 e. The van der Waals surface area contributed by atoms with E-state index in [9.17, 15) is 9.90 Å². The van der Waals surface area contributed by atoms with Crippen LogP contribution in [0.1, 0.15) is 24.2 Å². The maximum atomic E-state index is 11.2. The summed E-state index contributed by atoms with van der Waals surface area (Å²) in [5, 5.41) is 9.86. The third kappa shape index (κ3) is 4.04. The van der Waals surface area contributed by atoms with E-state index in [4.69, 9.17) is 0 Å². The third-order valence-electron chi connectivity index (χ3n) is 3.44. The number of aliphatic hydroxyl groups is 1. The predicted octanol–water partition coefficient (Wildman–Crippen LogP) is 2.15. The van der Waals surface area contributed by atoms with E-state index in [1.165, 1.54) is 0 Å². The molecule has 0 radical (unpaired) electrons. The second kappa shape index (κ2) is 6.24. The fourth-order valence-electron chi connectivity index (χ4n) is 2.60. The number of aldehydes is 1. The lowest BCUT2D eigenvalue weighted by Gasteiger charge is -2.38. The Kier molecular flexibility index (Phi) is 4.83. The van der Waals surface area contributed by atoms with Gasteiger partial charge in [0.1, 0.15) is 0 Å². The van der Waals surface area contributed by atoms with Crippen LogP contribution in [-0.2, 0) is 0 Å². The van der Waals surface area contributed by atoms with Crippen molar-refractivity contribution in [2.24, 2.45) is 0 Å². The molecule has 1 aliphatic rings. The molecule has 1 aromatic rings. The smallest absolute Gasteiger partial charge is 0.152 e. The maximum Gasteiger partial charge on any atom is 0.152 e. The molecule has 0 saturated carbocycles. The fourth-order valence-corrected chi connectivity index (χ4v) is 2.98. The van der Waals surface area contributed by atoms with Crippen LogP contribution in [0.15, 0.2) is 22.7 Å². The summed E-state index contributed by atoms with van der Waals surface area (Å²) in [4.78, 5) is 15.7. The zero-order valence-electron chi connectivity index (χ0n) is 12.0. The van der Waals surface area contributed by atoms with E-state index < -0.39 is 5.60 Å². The molecule has 20 heavy (non-hydrogen) atoms. The number of β-amino-alcohol motifs (C(OH)–C–C–N with tert-alkyl or cyclic N) is 1. The lowest BCUT2D eigenvalue weighted by atomic mass is 10.1. The summed E-state index contributed by atoms with van der Waals surface area (Å²) in [6.45, 7) is 7.90. The molecule has 4 nitrogen and oxygen atoms in total. The Morgan fingerprint density at radius 3 is 2.50 bits per heavy atom. The summed E-state index contributed by atoms with van der Waals surface area (Å²) in [6.07, 6.45) is 0.906. The summed E-state index contributed by atoms with van der Waals surface area (Å²) in [7, 11) is 0. The topological polar surface area (TPSA) is 43.8 Å². The first-order valence-electron chi connectivity index (χ1n) is 6.83. The van der Waals surface area contributed by atoms with Gasteiger partial charge < -0.3 is 10.0 Å². The van der Waals surface area contributed by atoms with Crippen molar-refractivity contribution in [3.63, 3.8) is 0 Å². The van der Waals surface area contributed by atoms with Crippen LogP contribution in [0.4, 0.5) is 5.69 Å².